The molecular weight excluding hydrogens is 522 g/mol. The molecule has 3 amide bonds. The maximum absolute atomic E-state index is 14.3. The van der Waals surface area contributed by atoms with Gasteiger partial charge in [-0.3, -0.25) is 28.9 Å². The number of piperazine rings is 1. The zero-order valence-corrected chi connectivity index (χ0v) is 24.3. The Hall–Kier alpha value is -3.21. The van der Waals surface area contributed by atoms with E-state index in [9.17, 15) is 19.5 Å². The zero-order valence-electron chi connectivity index (χ0n) is 24.3. The number of nitrogens with zero attached hydrogens (tertiary/aromatic N) is 3. The fourth-order valence-corrected chi connectivity index (χ4v) is 7.97. The third-order valence-corrected chi connectivity index (χ3v) is 10.1. The van der Waals surface area contributed by atoms with Gasteiger partial charge in [0.05, 0.1) is 5.92 Å². The molecule has 10 nitrogen and oxygen atoms in total. The van der Waals surface area contributed by atoms with Crippen LogP contribution in [0.5, 0.6) is 0 Å². The van der Waals surface area contributed by atoms with Crippen molar-refractivity contribution in [3.05, 3.63) is 41.6 Å². The first-order valence-corrected chi connectivity index (χ1v) is 14.9. The lowest BCUT2D eigenvalue weighted by Crippen LogP contribution is -2.72. The number of carbonyl (C=O) groups excluding carboxylic acids is 3. The minimum absolute atomic E-state index is 0.150. The molecule has 1 aromatic carbocycles. The van der Waals surface area contributed by atoms with Crippen LogP contribution in [0.25, 0.3) is 16.5 Å². The summed E-state index contributed by atoms with van der Waals surface area (Å²) in [6.45, 7) is 8.32. The number of benzene rings is 1. The number of hydrogen-bond acceptors (Lipinski definition) is 6. The first kappa shape index (κ1) is 26.7. The van der Waals surface area contributed by atoms with Gasteiger partial charge < -0.3 is 20.3 Å². The Morgan fingerprint density at radius 2 is 2.00 bits per heavy atom. The molecule has 4 aliphatic heterocycles. The lowest BCUT2D eigenvalue weighted by Gasteiger charge is -2.49. The molecule has 41 heavy (non-hydrogen) atoms. The molecule has 5 aliphatic rings. The van der Waals surface area contributed by atoms with E-state index in [2.05, 4.69) is 33.5 Å². The van der Waals surface area contributed by atoms with Gasteiger partial charge in [-0.25, -0.2) is 0 Å². The Labute approximate surface area is 239 Å². The number of likely N-dealkylation sites (N-methyl/N-ethyl adjacent to an activating group) is 1. The Balaban J connectivity index is 1.25. The van der Waals surface area contributed by atoms with E-state index < -0.39 is 41.5 Å². The molecular formula is C31H39N5O5. The molecule has 1 aromatic heterocycles. The van der Waals surface area contributed by atoms with Crippen molar-refractivity contribution in [3.8, 4) is 0 Å². The Morgan fingerprint density at radius 1 is 1.22 bits per heavy atom. The van der Waals surface area contributed by atoms with Gasteiger partial charge in [-0.2, -0.15) is 0 Å². The number of ether oxygens (including phenoxy) is 1. The SMILES string of the molecule is CC(C)[C@@H]1C(=O)N2CCC[C@@H]2[C@@]2(O)O[C@@](NC(=O)[C@H]3C=C4c5cccc6[nH]cc(c56)C[C@@H]4N(C)C3)(C(C)C)C(=O)N12. The molecule has 3 fully saturated rings. The third kappa shape index (κ3) is 3.50. The van der Waals surface area contributed by atoms with Gasteiger partial charge in [0.15, 0.2) is 0 Å². The standard InChI is InChI=1S/C31H39N5O5/c1-16(2)26-28(38)35-11-7-10-24(35)31(40)36(26)29(39)30(41-31,17(3)4)33-27(37)19-12-21-20-8-6-9-22-25(20)18(14-32-22)13-23(21)34(5)15-19/h6,8-9,12,14,16-17,19,23-24,26,32,40H,7,10-11,13,15H2,1-5H3,(H,33,37)/t19-,23-,24+,26+,30-,31+/m0/s1. The van der Waals surface area contributed by atoms with Gasteiger partial charge in [0.25, 0.3) is 11.8 Å². The smallest absolute Gasteiger partial charge is 0.281 e. The lowest BCUT2D eigenvalue weighted by atomic mass is 9.79. The molecule has 6 atom stereocenters. The number of fused-ring (bicyclic) bond motifs is 5. The molecule has 0 unspecified atom stereocenters. The second-order valence-corrected chi connectivity index (χ2v) is 13.1. The number of aromatic nitrogens is 1. The molecule has 218 valence electrons. The molecule has 0 bridgehead atoms. The molecule has 5 heterocycles. The van der Waals surface area contributed by atoms with E-state index in [1.807, 2.05) is 33.0 Å². The molecule has 0 saturated carbocycles. The van der Waals surface area contributed by atoms with Gasteiger partial charge in [-0.05, 0) is 55.0 Å². The number of aromatic amines is 1. The average Bonchev–Trinajstić information content (AvgIpc) is 3.64. The molecule has 0 radical (unpaired) electrons. The van der Waals surface area contributed by atoms with Crippen molar-refractivity contribution in [2.75, 3.05) is 20.1 Å². The Bertz CT molecular complexity index is 1500. The summed E-state index contributed by atoms with van der Waals surface area (Å²) >= 11 is 0. The highest BCUT2D eigenvalue weighted by molar-refractivity contribution is 6.01. The normalized spacial score (nSPS) is 34.8. The summed E-state index contributed by atoms with van der Waals surface area (Å²) in [7, 11) is 2.03. The van der Waals surface area contributed by atoms with Gasteiger partial charge in [-0.1, -0.05) is 45.9 Å². The number of carbonyl (C=O) groups is 3. The highest BCUT2D eigenvalue weighted by Crippen LogP contribution is 2.49. The zero-order chi connectivity index (χ0) is 29.0. The van der Waals surface area contributed by atoms with Crippen molar-refractivity contribution in [3.63, 3.8) is 0 Å². The summed E-state index contributed by atoms with van der Waals surface area (Å²) in [5.41, 5.74) is 2.78. The number of rotatable bonds is 4. The number of H-pyrrole nitrogens is 1. The Morgan fingerprint density at radius 3 is 2.73 bits per heavy atom. The van der Waals surface area contributed by atoms with Crippen molar-refractivity contribution in [1.82, 2.24) is 25.0 Å². The van der Waals surface area contributed by atoms with Crippen LogP contribution in [0.3, 0.4) is 0 Å². The second kappa shape index (κ2) is 8.89. The van der Waals surface area contributed by atoms with E-state index in [1.165, 1.54) is 15.8 Å². The predicted octanol–water partition coefficient (Wildman–Crippen LogP) is 2.04. The highest BCUT2D eigenvalue weighted by Gasteiger charge is 2.72. The van der Waals surface area contributed by atoms with E-state index in [0.717, 1.165) is 23.1 Å². The molecule has 3 saturated heterocycles. The quantitative estimate of drug-likeness (QED) is 0.526. The highest BCUT2D eigenvalue weighted by atomic mass is 16.7. The van der Waals surface area contributed by atoms with Gasteiger partial charge in [0, 0.05) is 42.1 Å². The van der Waals surface area contributed by atoms with Crippen LogP contribution in [0.4, 0.5) is 0 Å². The van der Waals surface area contributed by atoms with E-state index in [1.54, 1.807) is 18.7 Å². The van der Waals surface area contributed by atoms with Crippen LogP contribution in [0.2, 0.25) is 0 Å². The molecule has 2 aromatic rings. The summed E-state index contributed by atoms with van der Waals surface area (Å²) in [4.78, 5) is 50.4. The number of amides is 3. The van der Waals surface area contributed by atoms with E-state index in [4.69, 9.17) is 4.74 Å². The minimum Gasteiger partial charge on any atom is -0.361 e. The van der Waals surface area contributed by atoms with E-state index in [0.29, 0.717) is 25.9 Å². The van der Waals surface area contributed by atoms with Crippen molar-refractivity contribution in [2.45, 2.75) is 76.7 Å². The summed E-state index contributed by atoms with van der Waals surface area (Å²) < 4.78 is 6.40. The molecule has 0 spiro atoms. The second-order valence-electron chi connectivity index (χ2n) is 13.1. The third-order valence-electron chi connectivity index (χ3n) is 10.1. The van der Waals surface area contributed by atoms with Crippen LogP contribution >= 0.6 is 0 Å². The summed E-state index contributed by atoms with van der Waals surface area (Å²) in [5, 5.41) is 16.2. The Kier molecular flexibility index (Phi) is 5.79. The van der Waals surface area contributed by atoms with Crippen molar-refractivity contribution < 1.29 is 24.2 Å². The van der Waals surface area contributed by atoms with Crippen LogP contribution in [-0.2, 0) is 25.5 Å². The molecule has 1 aliphatic carbocycles. The molecule has 10 heteroatoms. The lowest BCUT2D eigenvalue weighted by molar-refractivity contribution is -0.323. The molecule has 3 N–H and O–H groups in total. The van der Waals surface area contributed by atoms with Crippen LogP contribution in [-0.4, -0.2) is 92.4 Å². The topological polar surface area (TPSA) is 118 Å². The fraction of sp³-hybridized carbons (Fsp3) is 0.581. The van der Waals surface area contributed by atoms with Crippen LogP contribution in [0.1, 0.15) is 51.7 Å². The van der Waals surface area contributed by atoms with Crippen molar-refractivity contribution in [2.24, 2.45) is 17.8 Å². The van der Waals surface area contributed by atoms with Crippen LogP contribution in [0, 0.1) is 17.8 Å². The number of aliphatic hydroxyl groups is 1. The maximum atomic E-state index is 14.3. The minimum atomic E-state index is -2.01. The average molecular weight is 562 g/mol. The molecule has 7 rings (SSSR count). The van der Waals surface area contributed by atoms with Crippen molar-refractivity contribution in [1.29, 1.82) is 0 Å². The first-order chi connectivity index (χ1) is 19.5. The summed E-state index contributed by atoms with van der Waals surface area (Å²) in [6, 6.07) is 4.80. The van der Waals surface area contributed by atoms with Crippen LogP contribution < -0.4 is 5.32 Å². The number of hydrogen-bond donors (Lipinski definition) is 3. The van der Waals surface area contributed by atoms with Crippen LogP contribution in [0.15, 0.2) is 30.5 Å². The largest absolute Gasteiger partial charge is 0.361 e. The van der Waals surface area contributed by atoms with Gasteiger partial charge in [0.2, 0.25) is 17.5 Å². The van der Waals surface area contributed by atoms with Gasteiger partial charge in [-0.15, -0.1) is 0 Å². The van der Waals surface area contributed by atoms with E-state index >= 15 is 0 Å². The van der Waals surface area contributed by atoms with Gasteiger partial charge >= 0.3 is 0 Å². The summed E-state index contributed by atoms with van der Waals surface area (Å²) in [5.74, 6) is -4.36. The van der Waals surface area contributed by atoms with E-state index in [-0.39, 0.29) is 23.8 Å². The maximum Gasteiger partial charge on any atom is 0.281 e. The van der Waals surface area contributed by atoms with Crippen molar-refractivity contribution >= 4 is 34.2 Å². The summed E-state index contributed by atoms with van der Waals surface area (Å²) in [6.07, 6.45) is 6.21. The van der Waals surface area contributed by atoms with Gasteiger partial charge in [0.1, 0.15) is 12.1 Å². The monoisotopic (exact) mass is 561 g/mol. The fourth-order valence-electron chi connectivity index (χ4n) is 7.97. The first-order valence-electron chi connectivity index (χ1n) is 14.9. The predicted molar refractivity (Wildman–Crippen MR) is 152 cm³/mol. The number of nitrogens with one attached hydrogen (secondary N) is 2.